The summed E-state index contributed by atoms with van der Waals surface area (Å²) in [7, 11) is 0. The second-order valence-corrected chi connectivity index (χ2v) is 7.58. The van der Waals surface area contributed by atoms with Crippen LogP contribution in [0.3, 0.4) is 0 Å². The Kier molecular flexibility index (Phi) is 9.41. The van der Waals surface area contributed by atoms with E-state index in [4.69, 9.17) is 5.11 Å². The van der Waals surface area contributed by atoms with Crippen molar-refractivity contribution < 1.29 is 25.2 Å². The summed E-state index contributed by atoms with van der Waals surface area (Å²) >= 11 is 0. The highest BCUT2D eigenvalue weighted by molar-refractivity contribution is 5.66. The maximum absolute atomic E-state index is 10.5. The van der Waals surface area contributed by atoms with Gasteiger partial charge in [0.05, 0.1) is 18.3 Å². The molecule has 1 saturated carbocycles. The molecule has 0 heterocycles. The number of carbonyl (C=O) groups is 1. The summed E-state index contributed by atoms with van der Waals surface area (Å²) in [5.74, 6) is -1.08. The van der Waals surface area contributed by atoms with Crippen LogP contribution >= 0.6 is 0 Å². The zero-order valence-corrected chi connectivity index (χ0v) is 16.2. The van der Waals surface area contributed by atoms with Crippen molar-refractivity contribution in [2.75, 3.05) is 0 Å². The third kappa shape index (κ3) is 7.58. The first-order valence-corrected chi connectivity index (χ1v) is 10.1. The number of hydrogen-bond donors (Lipinski definition) is 4. The molecule has 5 atom stereocenters. The molecule has 0 unspecified atom stereocenters. The lowest BCUT2D eigenvalue weighted by atomic mass is 9.89. The van der Waals surface area contributed by atoms with Crippen LogP contribution in [0.25, 0.3) is 0 Å². The largest absolute Gasteiger partial charge is 0.481 e. The maximum atomic E-state index is 10.5. The predicted octanol–water partition coefficient (Wildman–Crippen LogP) is 3.10. The second kappa shape index (κ2) is 11.8. The van der Waals surface area contributed by atoms with Crippen LogP contribution in [0.1, 0.15) is 44.1 Å². The molecule has 154 valence electrons. The highest BCUT2D eigenvalue weighted by Gasteiger charge is 2.39. The molecule has 0 aromatic heterocycles. The Labute approximate surface area is 167 Å². The van der Waals surface area contributed by atoms with Gasteiger partial charge in [-0.3, -0.25) is 4.79 Å². The van der Waals surface area contributed by atoms with Gasteiger partial charge in [-0.15, -0.1) is 0 Å². The van der Waals surface area contributed by atoms with E-state index in [1.807, 2.05) is 48.6 Å². The Bertz CT molecular complexity index is 640. The molecule has 0 spiro atoms. The number of aliphatic hydroxyl groups is 3. The SMILES string of the molecule is O=C(O)CCC/C=C\C[C@@H]1[C@@H](/C=C/[C@H](O)CCc2ccccc2)[C@H](O)C[C@@H]1O. The van der Waals surface area contributed by atoms with Gasteiger partial charge in [-0.25, -0.2) is 0 Å². The number of hydrogen-bond acceptors (Lipinski definition) is 4. The quantitative estimate of drug-likeness (QED) is 0.345. The molecule has 0 aliphatic heterocycles. The second-order valence-electron chi connectivity index (χ2n) is 7.58. The molecular formula is C23H32O5. The average Bonchev–Trinajstić information content (AvgIpc) is 2.94. The Morgan fingerprint density at radius 2 is 1.89 bits per heavy atom. The highest BCUT2D eigenvalue weighted by Crippen LogP contribution is 2.36. The van der Waals surface area contributed by atoms with Gasteiger partial charge in [-0.1, -0.05) is 54.6 Å². The molecule has 1 aromatic carbocycles. The van der Waals surface area contributed by atoms with Crippen molar-refractivity contribution in [3.05, 3.63) is 60.2 Å². The number of allylic oxidation sites excluding steroid dienone is 2. The zero-order valence-electron chi connectivity index (χ0n) is 16.2. The fraction of sp³-hybridized carbons (Fsp3) is 0.522. The van der Waals surface area contributed by atoms with E-state index in [1.165, 1.54) is 5.56 Å². The normalized spacial score (nSPS) is 26.2. The molecule has 0 radical (unpaired) electrons. The smallest absolute Gasteiger partial charge is 0.303 e. The lowest BCUT2D eigenvalue weighted by Gasteiger charge is -2.19. The van der Waals surface area contributed by atoms with Crippen LogP contribution in [-0.2, 0) is 11.2 Å². The molecule has 1 aliphatic carbocycles. The lowest BCUT2D eigenvalue weighted by molar-refractivity contribution is -0.137. The van der Waals surface area contributed by atoms with E-state index in [9.17, 15) is 20.1 Å². The van der Waals surface area contributed by atoms with Crippen LogP contribution in [0.2, 0.25) is 0 Å². The number of aliphatic hydroxyl groups excluding tert-OH is 3. The molecule has 5 nitrogen and oxygen atoms in total. The Balaban J connectivity index is 1.82. The Hall–Kier alpha value is -1.95. The third-order valence-electron chi connectivity index (χ3n) is 5.38. The molecule has 1 aromatic rings. The summed E-state index contributed by atoms with van der Waals surface area (Å²) in [5, 5.41) is 39.4. The molecule has 0 amide bonds. The van der Waals surface area contributed by atoms with Crippen molar-refractivity contribution >= 4 is 5.97 Å². The van der Waals surface area contributed by atoms with Crippen LogP contribution in [-0.4, -0.2) is 44.7 Å². The Morgan fingerprint density at radius 1 is 1.14 bits per heavy atom. The summed E-state index contributed by atoms with van der Waals surface area (Å²) in [4.78, 5) is 10.5. The van der Waals surface area contributed by atoms with E-state index >= 15 is 0 Å². The molecule has 0 bridgehead atoms. The lowest BCUT2D eigenvalue weighted by Crippen LogP contribution is -2.20. The predicted molar refractivity (Wildman–Crippen MR) is 109 cm³/mol. The maximum Gasteiger partial charge on any atom is 0.303 e. The van der Waals surface area contributed by atoms with Gasteiger partial charge in [-0.05, 0) is 43.6 Å². The van der Waals surface area contributed by atoms with Crippen molar-refractivity contribution in [1.82, 2.24) is 0 Å². The van der Waals surface area contributed by atoms with Crippen molar-refractivity contribution in [3.63, 3.8) is 0 Å². The fourth-order valence-corrected chi connectivity index (χ4v) is 3.76. The van der Waals surface area contributed by atoms with Gasteiger partial charge in [0.1, 0.15) is 0 Å². The molecule has 4 N–H and O–H groups in total. The molecule has 1 fully saturated rings. The van der Waals surface area contributed by atoms with E-state index in [1.54, 1.807) is 6.08 Å². The van der Waals surface area contributed by atoms with E-state index in [0.29, 0.717) is 32.1 Å². The fourth-order valence-electron chi connectivity index (χ4n) is 3.76. The summed E-state index contributed by atoms with van der Waals surface area (Å²) in [5.41, 5.74) is 1.18. The number of carboxylic acids is 1. The summed E-state index contributed by atoms with van der Waals surface area (Å²) < 4.78 is 0. The monoisotopic (exact) mass is 388 g/mol. The van der Waals surface area contributed by atoms with Crippen molar-refractivity contribution in [2.24, 2.45) is 11.8 Å². The van der Waals surface area contributed by atoms with Crippen LogP contribution in [0, 0.1) is 11.8 Å². The van der Waals surface area contributed by atoms with Gasteiger partial charge >= 0.3 is 5.97 Å². The standard InChI is InChI=1S/C23H32O5/c24-18(13-12-17-8-4-3-5-9-17)14-15-20-19(21(25)16-22(20)26)10-6-1-2-7-11-23(27)28/h1,3-6,8-9,14-15,18-22,24-26H,2,7,10-13,16H2,(H,27,28)/b6-1-,15-14+/t18-,19-,20-,21+,22-/m1/s1. The number of rotatable bonds is 11. The van der Waals surface area contributed by atoms with Crippen LogP contribution in [0.5, 0.6) is 0 Å². The Morgan fingerprint density at radius 3 is 2.61 bits per heavy atom. The topological polar surface area (TPSA) is 98.0 Å². The van der Waals surface area contributed by atoms with Gasteiger partial charge in [0, 0.05) is 18.8 Å². The van der Waals surface area contributed by atoms with Crippen molar-refractivity contribution in [1.29, 1.82) is 0 Å². The van der Waals surface area contributed by atoms with E-state index in [2.05, 4.69) is 0 Å². The number of benzene rings is 1. The molecule has 2 rings (SSSR count). The van der Waals surface area contributed by atoms with Gasteiger partial charge in [-0.2, -0.15) is 0 Å². The third-order valence-corrected chi connectivity index (χ3v) is 5.38. The van der Waals surface area contributed by atoms with Gasteiger partial charge in [0.25, 0.3) is 0 Å². The number of aliphatic carboxylic acids is 1. The highest BCUT2D eigenvalue weighted by atomic mass is 16.4. The van der Waals surface area contributed by atoms with E-state index < -0.39 is 24.3 Å². The van der Waals surface area contributed by atoms with E-state index in [-0.39, 0.29) is 18.3 Å². The summed E-state index contributed by atoms with van der Waals surface area (Å²) in [6.45, 7) is 0. The minimum atomic E-state index is -0.793. The minimum Gasteiger partial charge on any atom is -0.481 e. The molecule has 0 saturated heterocycles. The van der Waals surface area contributed by atoms with Crippen LogP contribution in [0.4, 0.5) is 0 Å². The van der Waals surface area contributed by atoms with Crippen molar-refractivity contribution in [3.8, 4) is 0 Å². The molecule has 1 aliphatic rings. The van der Waals surface area contributed by atoms with Crippen LogP contribution < -0.4 is 0 Å². The minimum absolute atomic E-state index is 0.0942. The molecular weight excluding hydrogens is 356 g/mol. The average molecular weight is 389 g/mol. The summed E-state index contributed by atoms with van der Waals surface area (Å²) in [6.07, 6.45) is 9.51. The number of unbranched alkanes of at least 4 members (excludes halogenated alkanes) is 1. The summed E-state index contributed by atoms with van der Waals surface area (Å²) in [6, 6.07) is 9.99. The van der Waals surface area contributed by atoms with E-state index in [0.717, 1.165) is 6.42 Å². The van der Waals surface area contributed by atoms with Gasteiger partial charge < -0.3 is 20.4 Å². The van der Waals surface area contributed by atoms with Gasteiger partial charge in [0.2, 0.25) is 0 Å². The van der Waals surface area contributed by atoms with Gasteiger partial charge in [0.15, 0.2) is 0 Å². The number of aryl methyl sites for hydroxylation is 1. The molecule has 5 heteroatoms. The first kappa shape index (κ1) is 22.3. The van der Waals surface area contributed by atoms with Crippen LogP contribution in [0.15, 0.2) is 54.6 Å². The first-order chi connectivity index (χ1) is 13.5. The first-order valence-electron chi connectivity index (χ1n) is 10.1. The van der Waals surface area contributed by atoms with Crippen molar-refractivity contribution in [2.45, 2.75) is 63.3 Å². The number of carboxylic acid groups (broad SMARTS) is 1. The molecule has 28 heavy (non-hydrogen) atoms. The zero-order chi connectivity index (χ0) is 20.4.